The highest BCUT2D eigenvalue weighted by atomic mass is 16.4. The minimum absolute atomic E-state index is 0.214. The number of rotatable bonds is 5. The molecule has 1 aromatic carbocycles. The van der Waals surface area contributed by atoms with Gasteiger partial charge in [0.05, 0.1) is 11.8 Å². The molecule has 1 aromatic heterocycles. The number of nitrogens with zero attached hydrogens (tertiary/aromatic N) is 3. The molecule has 24 heavy (non-hydrogen) atoms. The Balaban J connectivity index is 1.77. The summed E-state index contributed by atoms with van der Waals surface area (Å²) < 4.78 is 1.69. The summed E-state index contributed by atoms with van der Waals surface area (Å²) in [6, 6.07) is 5.88. The van der Waals surface area contributed by atoms with E-state index < -0.39 is 23.0 Å². The van der Waals surface area contributed by atoms with Crippen LogP contribution in [0.2, 0.25) is 0 Å². The lowest BCUT2D eigenvalue weighted by molar-refractivity contribution is -0.182. The molecule has 3 rings (SSSR count). The molecule has 1 aliphatic carbocycles. The zero-order valence-electron chi connectivity index (χ0n) is 14.0. The van der Waals surface area contributed by atoms with Crippen molar-refractivity contribution in [2.24, 2.45) is 5.41 Å². The van der Waals surface area contributed by atoms with Crippen LogP contribution in [0.25, 0.3) is 5.69 Å². The number of nitrogens with one attached hydrogen (secondary N) is 1. The predicted octanol–water partition coefficient (Wildman–Crippen LogP) is 1.28. The Kier molecular flexibility index (Phi) is 3.93. The number of hydrogen-bond donors (Lipinski definition) is 3. The summed E-state index contributed by atoms with van der Waals surface area (Å²) >= 11 is 0. The quantitative estimate of drug-likeness (QED) is 0.763. The lowest BCUT2D eigenvalue weighted by Crippen LogP contribution is -2.74. The molecule has 0 amide bonds. The first-order valence-corrected chi connectivity index (χ1v) is 7.89. The minimum Gasteiger partial charge on any atom is -0.480 e. The summed E-state index contributed by atoms with van der Waals surface area (Å²) in [6.45, 7) is 5.95. The van der Waals surface area contributed by atoms with Gasteiger partial charge in [0.1, 0.15) is 18.2 Å². The summed E-state index contributed by atoms with van der Waals surface area (Å²) in [4.78, 5) is 15.7. The molecule has 0 aliphatic heterocycles. The highest BCUT2D eigenvalue weighted by Crippen LogP contribution is 2.50. The van der Waals surface area contributed by atoms with Crippen molar-refractivity contribution in [3.63, 3.8) is 0 Å². The maximum absolute atomic E-state index is 11.8. The van der Waals surface area contributed by atoms with Gasteiger partial charge in [-0.3, -0.25) is 10.1 Å². The molecular weight excluding hydrogens is 308 g/mol. The van der Waals surface area contributed by atoms with Gasteiger partial charge in [-0.25, -0.2) is 9.67 Å². The molecule has 0 radical (unpaired) electrons. The smallest absolute Gasteiger partial charge is 0.324 e. The van der Waals surface area contributed by atoms with Gasteiger partial charge in [-0.1, -0.05) is 26.0 Å². The molecular formula is C17H22N4O3. The van der Waals surface area contributed by atoms with Gasteiger partial charge < -0.3 is 10.2 Å². The average molecular weight is 330 g/mol. The molecule has 0 bridgehead atoms. The van der Waals surface area contributed by atoms with Crippen molar-refractivity contribution in [1.82, 2.24) is 20.1 Å². The summed E-state index contributed by atoms with van der Waals surface area (Å²) in [5.74, 6) is -0.922. The first kappa shape index (κ1) is 16.6. The number of carboxylic acid groups (broad SMARTS) is 1. The molecule has 7 nitrogen and oxygen atoms in total. The van der Waals surface area contributed by atoms with E-state index in [-0.39, 0.29) is 6.42 Å². The molecule has 1 heterocycles. The van der Waals surface area contributed by atoms with Crippen molar-refractivity contribution in [2.45, 2.75) is 45.4 Å². The van der Waals surface area contributed by atoms with Crippen LogP contribution in [0.15, 0.2) is 30.9 Å². The summed E-state index contributed by atoms with van der Waals surface area (Å²) in [6.07, 6.45) is 2.72. The Bertz CT molecular complexity index is 757. The highest BCUT2D eigenvalue weighted by molar-refractivity contribution is 5.82. The second-order valence-corrected chi connectivity index (χ2v) is 6.97. The number of aliphatic hydroxyl groups excluding tert-OH is 1. The number of aryl methyl sites for hydroxylation is 1. The summed E-state index contributed by atoms with van der Waals surface area (Å²) in [5.41, 5.74) is 1.12. The molecule has 2 aromatic rings. The van der Waals surface area contributed by atoms with Crippen LogP contribution in [0.5, 0.6) is 0 Å². The normalized spacial score (nSPS) is 25.2. The van der Waals surface area contributed by atoms with Gasteiger partial charge in [0.2, 0.25) is 0 Å². The van der Waals surface area contributed by atoms with Gasteiger partial charge in [0, 0.05) is 18.4 Å². The second kappa shape index (κ2) is 5.68. The monoisotopic (exact) mass is 330 g/mol. The second-order valence-electron chi connectivity index (χ2n) is 6.97. The van der Waals surface area contributed by atoms with Gasteiger partial charge in [-0.2, -0.15) is 5.10 Å². The topological polar surface area (TPSA) is 100 Å². The van der Waals surface area contributed by atoms with Gasteiger partial charge in [0.25, 0.3) is 0 Å². The number of hydrogen-bond acceptors (Lipinski definition) is 5. The Hall–Kier alpha value is -2.25. The molecule has 0 saturated heterocycles. The van der Waals surface area contributed by atoms with E-state index in [1.807, 2.05) is 25.1 Å². The fourth-order valence-electron chi connectivity index (χ4n) is 3.37. The Labute approximate surface area is 140 Å². The molecule has 1 aliphatic rings. The molecule has 1 fully saturated rings. The van der Waals surface area contributed by atoms with Gasteiger partial charge in [-0.05, 0) is 24.1 Å². The van der Waals surface area contributed by atoms with Gasteiger partial charge in [-0.15, -0.1) is 0 Å². The number of carbonyl (C=O) groups is 1. The number of carboxylic acids is 1. The zero-order valence-corrected chi connectivity index (χ0v) is 14.0. The standard InChI is InChI=1S/C17H22N4O3/c1-11-6-12(4-5-13(11)21-10-18-9-20-21)8-19-17(15(23)24)7-14(22)16(17,2)3/h4-6,9-10,14,19,22H,7-8H2,1-3H3,(H,23,24)/t14-,17-/m0/s1. The van der Waals surface area contributed by atoms with E-state index in [0.717, 1.165) is 16.8 Å². The van der Waals surface area contributed by atoms with Crippen LogP contribution >= 0.6 is 0 Å². The fraction of sp³-hybridized carbons (Fsp3) is 0.471. The molecule has 7 heteroatoms. The van der Waals surface area contributed by atoms with Crippen molar-refractivity contribution in [3.8, 4) is 5.69 Å². The van der Waals surface area contributed by atoms with Crippen molar-refractivity contribution in [1.29, 1.82) is 0 Å². The molecule has 0 spiro atoms. The van der Waals surface area contributed by atoms with E-state index in [4.69, 9.17) is 0 Å². The molecule has 128 valence electrons. The fourth-order valence-corrected chi connectivity index (χ4v) is 3.37. The lowest BCUT2D eigenvalue weighted by Gasteiger charge is -2.57. The number of aliphatic hydroxyl groups is 1. The highest BCUT2D eigenvalue weighted by Gasteiger charge is 2.64. The molecule has 2 atom stereocenters. The average Bonchev–Trinajstić information content (AvgIpc) is 3.04. The zero-order chi connectivity index (χ0) is 17.5. The van der Waals surface area contributed by atoms with E-state index >= 15 is 0 Å². The first-order chi connectivity index (χ1) is 11.3. The van der Waals surface area contributed by atoms with Crippen LogP contribution in [-0.2, 0) is 11.3 Å². The van der Waals surface area contributed by atoms with Crippen molar-refractivity contribution < 1.29 is 15.0 Å². The molecule has 0 unspecified atom stereocenters. The maximum atomic E-state index is 11.8. The number of benzene rings is 1. The Morgan fingerprint density at radius 2 is 2.21 bits per heavy atom. The number of aliphatic carboxylic acids is 1. The summed E-state index contributed by atoms with van der Waals surface area (Å²) in [7, 11) is 0. The van der Waals surface area contributed by atoms with E-state index in [1.165, 1.54) is 6.33 Å². The van der Waals surface area contributed by atoms with Crippen LogP contribution < -0.4 is 5.32 Å². The first-order valence-electron chi connectivity index (χ1n) is 7.89. The lowest BCUT2D eigenvalue weighted by atomic mass is 9.54. The maximum Gasteiger partial charge on any atom is 0.324 e. The van der Waals surface area contributed by atoms with Crippen LogP contribution in [0, 0.1) is 12.3 Å². The number of aromatic nitrogens is 3. The third-order valence-corrected chi connectivity index (χ3v) is 5.32. The third-order valence-electron chi connectivity index (χ3n) is 5.32. The third kappa shape index (κ3) is 2.40. The SMILES string of the molecule is Cc1cc(CN[C@]2(C(=O)O)C[C@H](O)C2(C)C)ccc1-n1cncn1. The largest absolute Gasteiger partial charge is 0.480 e. The van der Waals surface area contributed by atoms with E-state index in [1.54, 1.807) is 24.9 Å². The summed E-state index contributed by atoms with van der Waals surface area (Å²) in [5, 5.41) is 26.8. The van der Waals surface area contributed by atoms with Gasteiger partial charge >= 0.3 is 5.97 Å². The predicted molar refractivity (Wildman–Crippen MR) is 87.7 cm³/mol. The Morgan fingerprint density at radius 3 is 2.71 bits per heavy atom. The van der Waals surface area contributed by atoms with Crippen molar-refractivity contribution >= 4 is 5.97 Å². The van der Waals surface area contributed by atoms with Crippen molar-refractivity contribution in [3.05, 3.63) is 42.0 Å². The van der Waals surface area contributed by atoms with Crippen LogP contribution in [0.4, 0.5) is 0 Å². The minimum atomic E-state index is -1.11. The van der Waals surface area contributed by atoms with E-state index in [2.05, 4.69) is 15.4 Å². The van der Waals surface area contributed by atoms with Crippen LogP contribution in [0.1, 0.15) is 31.4 Å². The van der Waals surface area contributed by atoms with Crippen LogP contribution in [0.3, 0.4) is 0 Å². The van der Waals surface area contributed by atoms with Crippen LogP contribution in [-0.4, -0.2) is 42.6 Å². The van der Waals surface area contributed by atoms with Crippen molar-refractivity contribution in [2.75, 3.05) is 0 Å². The molecule has 3 N–H and O–H groups in total. The van der Waals surface area contributed by atoms with E-state index in [9.17, 15) is 15.0 Å². The Morgan fingerprint density at radius 1 is 1.46 bits per heavy atom. The molecule has 1 saturated carbocycles. The van der Waals surface area contributed by atoms with Gasteiger partial charge in [0.15, 0.2) is 0 Å². The van der Waals surface area contributed by atoms with E-state index in [0.29, 0.717) is 6.54 Å².